The second-order valence-corrected chi connectivity index (χ2v) is 5.19. The van der Waals surface area contributed by atoms with E-state index in [0.29, 0.717) is 11.7 Å². The monoisotopic (exact) mass is 208 g/mol. The van der Waals surface area contributed by atoms with E-state index in [2.05, 4.69) is 0 Å². The largest absolute Gasteiger partial charge is 0.303 e. The molecule has 0 bridgehead atoms. The van der Waals surface area contributed by atoms with Crippen molar-refractivity contribution in [1.82, 2.24) is 0 Å². The van der Waals surface area contributed by atoms with Gasteiger partial charge in [-0.2, -0.15) is 0 Å². The summed E-state index contributed by atoms with van der Waals surface area (Å²) in [5.41, 5.74) is 0. The lowest BCUT2D eigenvalue weighted by molar-refractivity contribution is -0.121. The van der Waals surface area contributed by atoms with Crippen LogP contribution in [-0.2, 0) is 9.59 Å². The van der Waals surface area contributed by atoms with Gasteiger partial charge in [-0.25, -0.2) is 0 Å². The summed E-state index contributed by atoms with van der Waals surface area (Å²) in [5.74, 6) is 2.35. The highest BCUT2D eigenvalue weighted by Crippen LogP contribution is 2.38. The van der Waals surface area contributed by atoms with Crippen LogP contribution in [0.25, 0.3) is 0 Å². The Morgan fingerprint density at radius 1 is 0.867 bits per heavy atom. The van der Waals surface area contributed by atoms with Crippen molar-refractivity contribution >= 4 is 12.1 Å². The van der Waals surface area contributed by atoms with Crippen molar-refractivity contribution in [2.45, 2.75) is 51.4 Å². The Morgan fingerprint density at radius 3 is 1.93 bits per heavy atom. The minimum Gasteiger partial charge on any atom is -0.303 e. The number of hydrogen-bond acceptors (Lipinski definition) is 2. The highest BCUT2D eigenvalue weighted by Gasteiger charge is 2.29. The molecule has 84 valence electrons. The van der Waals surface area contributed by atoms with Crippen molar-refractivity contribution in [3.63, 3.8) is 0 Å². The SMILES string of the molecule is O=CC1CCC(C2CCC(=O)CC2)CC1. The van der Waals surface area contributed by atoms with Crippen LogP contribution >= 0.6 is 0 Å². The third-order valence-corrected chi connectivity index (χ3v) is 4.26. The van der Waals surface area contributed by atoms with E-state index >= 15 is 0 Å². The molecule has 0 saturated heterocycles. The molecule has 15 heavy (non-hydrogen) atoms. The summed E-state index contributed by atoms with van der Waals surface area (Å²) >= 11 is 0. The van der Waals surface area contributed by atoms with Crippen LogP contribution in [0.2, 0.25) is 0 Å². The molecule has 0 unspecified atom stereocenters. The molecule has 0 N–H and O–H groups in total. The summed E-state index contributed by atoms with van der Waals surface area (Å²) in [4.78, 5) is 21.8. The minimum atomic E-state index is 0.325. The van der Waals surface area contributed by atoms with Crippen molar-refractivity contribution in [3.05, 3.63) is 0 Å². The quantitative estimate of drug-likeness (QED) is 0.654. The van der Waals surface area contributed by atoms with Gasteiger partial charge in [0, 0.05) is 18.8 Å². The molecule has 2 nitrogen and oxygen atoms in total. The fraction of sp³-hybridized carbons (Fsp3) is 0.846. The molecule has 0 radical (unpaired) electrons. The molecule has 2 heteroatoms. The number of ketones is 1. The molecule has 0 amide bonds. The summed E-state index contributed by atoms with van der Waals surface area (Å²) in [7, 11) is 0. The van der Waals surface area contributed by atoms with Crippen molar-refractivity contribution in [2.24, 2.45) is 17.8 Å². The Hall–Kier alpha value is -0.660. The van der Waals surface area contributed by atoms with E-state index in [-0.39, 0.29) is 0 Å². The number of carbonyl (C=O) groups is 2. The summed E-state index contributed by atoms with van der Waals surface area (Å²) in [6.45, 7) is 0. The van der Waals surface area contributed by atoms with Crippen LogP contribution in [0.15, 0.2) is 0 Å². The third-order valence-electron chi connectivity index (χ3n) is 4.26. The predicted octanol–water partition coefficient (Wildman–Crippen LogP) is 2.75. The first kappa shape index (κ1) is 10.8. The van der Waals surface area contributed by atoms with E-state index in [0.717, 1.165) is 56.6 Å². The first-order valence-corrected chi connectivity index (χ1v) is 6.26. The van der Waals surface area contributed by atoms with E-state index in [4.69, 9.17) is 0 Å². The number of hydrogen-bond donors (Lipinski definition) is 0. The topological polar surface area (TPSA) is 34.1 Å². The van der Waals surface area contributed by atoms with Gasteiger partial charge in [0.1, 0.15) is 12.1 Å². The summed E-state index contributed by atoms with van der Waals surface area (Å²) in [6.07, 6.45) is 9.53. The number of aldehydes is 1. The maximum atomic E-state index is 11.1. The highest BCUT2D eigenvalue weighted by molar-refractivity contribution is 5.79. The van der Waals surface area contributed by atoms with Gasteiger partial charge in [-0.05, 0) is 50.4 Å². The standard InChI is InChI=1S/C13H20O2/c14-9-10-1-3-11(4-2-10)12-5-7-13(15)8-6-12/h9-12H,1-8H2. The van der Waals surface area contributed by atoms with Crippen LogP contribution in [0.5, 0.6) is 0 Å². The van der Waals surface area contributed by atoms with Crippen LogP contribution in [0.3, 0.4) is 0 Å². The smallest absolute Gasteiger partial charge is 0.132 e. The van der Waals surface area contributed by atoms with Crippen LogP contribution in [0.1, 0.15) is 51.4 Å². The lowest BCUT2D eigenvalue weighted by Gasteiger charge is -2.34. The molecule has 0 heterocycles. The molecule has 2 rings (SSSR count). The molecule has 0 aromatic rings. The van der Waals surface area contributed by atoms with Gasteiger partial charge in [-0.15, -0.1) is 0 Å². The molecule has 0 spiro atoms. The van der Waals surface area contributed by atoms with Gasteiger partial charge >= 0.3 is 0 Å². The van der Waals surface area contributed by atoms with E-state index < -0.39 is 0 Å². The fourth-order valence-electron chi connectivity index (χ4n) is 3.19. The molecule has 2 aliphatic carbocycles. The number of Topliss-reactive ketones (excluding diaryl/α,β-unsaturated/α-hetero) is 1. The van der Waals surface area contributed by atoms with Gasteiger partial charge in [0.2, 0.25) is 0 Å². The van der Waals surface area contributed by atoms with E-state index in [1.165, 1.54) is 12.8 Å². The highest BCUT2D eigenvalue weighted by atomic mass is 16.1. The number of carbonyl (C=O) groups excluding carboxylic acids is 2. The van der Waals surface area contributed by atoms with Gasteiger partial charge in [0.15, 0.2) is 0 Å². The van der Waals surface area contributed by atoms with Gasteiger partial charge in [-0.1, -0.05) is 0 Å². The molecule has 2 fully saturated rings. The molecule has 0 atom stereocenters. The molecule has 2 saturated carbocycles. The zero-order chi connectivity index (χ0) is 10.7. The molecule has 0 aromatic heterocycles. The van der Waals surface area contributed by atoms with Crippen molar-refractivity contribution in [1.29, 1.82) is 0 Å². The summed E-state index contributed by atoms with van der Waals surface area (Å²) in [5, 5.41) is 0. The van der Waals surface area contributed by atoms with Gasteiger partial charge in [0.25, 0.3) is 0 Å². The van der Waals surface area contributed by atoms with E-state index in [1.54, 1.807) is 0 Å². The van der Waals surface area contributed by atoms with Crippen LogP contribution in [-0.4, -0.2) is 12.1 Å². The molecule has 2 aliphatic rings. The van der Waals surface area contributed by atoms with Gasteiger partial charge < -0.3 is 4.79 Å². The Labute approximate surface area is 91.4 Å². The first-order valence-electron chi connectivity index (χ1n) is 6.26. The van der Waals surface area contributed by atoms with Crippen LogP contribution < -0.4 is 0 Å². The van der Waals surface area contributed by atoms with Crippen molar-refractivity contribution in [2.75, 3.05) is 0 Å². The molecule has 0 aromatic carbocycles. The third kappa shape index (κ3) is 2.67. The molecular weight excluding hydrogens is 188 g/mol. The zero-order valence-electron chi connectivity index (χ0n) is 9.28. The fourth-order valence-corrected chi connectivity index (χ4v) is 3.19. The van der Waals surface area contributed by atoms with Crippen molar-refractivity contribution in [3.8, 4) is 0 Å². The van der Waals surface area contributed by atoms with Gasteiger partial charge in [-0.3, -0.25) is 4.79 Å². The average Bonchev–Trinajstić information content (AvgIpc) is 2.30. The summed E-state index contributed by atoms with van der Waals surface area (Å²) < 4.78 is 0. The Kier molecular flexibility index (Phi) is 3.55. The zero-order valence-corrected chi connectivity index (χ0v) is 9.28. The van der Waals surface area contributed by atoms with Crippen LogP contribution in [0, 0.1) is 17.8 Å². The van der Waals surface area contributed by atoms with Crippen molar-refractivity contribution < 1.29 is 9.59 Å². The first-order chi connectivity index (χ1) is 7.29. The Bertz CT molecular complexity index is 229. The second kappa shape index (κ2) is 4.91. The summed E-state index contributed by atoms with van der Waals surface area (Å²) in [6, 6.07) is 0. The van der Waals surface area contributed by atoms with E-state index in [9.17, 15) is 9.59 Å². The maximum Gasteiger partial charge on any atom is 0.132 e. The van der Waals surface area contributed by atoms with Crippen LogP contribution in [0.4, 0.5) is 0 Å². The minimum absolute atomic E-state index is 0.325. The lowest BCUT2D eigenvalue weighted by atomic mass is 9.71. The molecule has 0 aliphatic heterocycles. The maximum absolute atomic E-state index is 11.1. The second-order valence-electron chi connectivity index (χ2n) is 5.19. The Morgan fingerprint density at radius 2 is 1.40 bits per heavy atom. The van der Waals surface area contributed by atoms with Gasteiger partial charge in [0.05, 0.1) is 0 Å². The van der Waals surface area contributed by atoms with E-state index in [1.807, 2.05) is 0 Å². The molecular formula is C13H20O2. The lowest BCUT2D eigenvalue weighted by Crippen LogP contribution is -2.26. The Balaban J connectivity index is 1.80. The average molecular weight is 208 g/mol. The number of rotatable bonds is 2. The predicted molar refractivity (Wildman–Crippen MR) is 58.5 cm³/mol. The normalized spacial score (nSPS) is 34.0.